The summed E-state index contributed by atoms with van der Waals surface area (Å²) in [5.41, 5.74) is 1.17. The van der Waals surface area contributed by atoms with Crippen LogP contribution in [-0.2, 0) is 0 Å². The Morgan fingerprint density at radius 1 is 1.04 bits per heavy atom. The first-order chi connectivity index (χ1) is 12.7. The maximum absolute atomic E-state index is 13.5. The Kier molecular flexibility index (Phi) is 6.30. The summed E-state index contributed by atoms with van der Waals surface area (Å²) in [5.74, 6) is 0.619. The van der Waals surface area contributed by atoms with Crippen LogP contribution in [0.4, 0.5) is 10.1 Å². The number of hydrogen-bond donors (Lipinski definition) is 1. The van der Waals surface area contributed by atoms with Crippen molar-refractivity contribution in [2.24, 2.45) is 0 Å². The number of nitrogens with zero attached hydrogens (tertiary/aromatic N) is 2. The molecule has 140 valence electrons. The summed E-state index contributed by atoms with van der Waals surface area (Å²) in [7, 11) is 1.66. The quantitative estimate of drug-likeness (QED) is 0.822. The van der Waals surface area contributed by atoms with Crippen LogP contribution >= 0.6 is 0 Å². The lowest BCUT2D eigenvalue weighted by Gasteiger charge is -2.36. The highest BCUT2D eigenvalue weighted by atomic mass is 19.1. The minimum Gasteiger partial charge on any atom is -0.497 e. The predicted octanol–water partition coefficient (Wildman–Crippen LogP) is 2.40. The lowest BCUT2D eigenvalue weighted by molar-refractivity contribution is 0.0649. The van der Waals surface area contributed by atoms with Crippen LogP contribution in [0.5, 0.6) is 11.5 Å². The minimum absolute atomic E-state index is 0.0830. The summed E-state index contributed by atoms with van der Waals surface area (Å²) in [6, 6.07) is 14.3. The zero-order valence-electron chi connectivity index (χ0n) is 15.0. The highest BCUT2D eigenvalue weighted by Crippen LogP contribution is 2.20. The molecule has 3 rings (SSSR count). The Balaban J connectivity index is 1.42. The van der Waals surface area contributed by atoms with E-state index in [2.05, 4.69) is 21.9 Å². The Hall–Kier alpha value is -2.31. The topological polar surface area (TPSA) is 45.2 Å². The molecule has 26 heavy (non-hydrogen) atoms. The van der Waals surface area contributed by atoms with Crippen molar-refractivity contribution in [2.75, 3.05) is 51.3 Å². The third kappa shape index (κ3) is 4.86. The van der Waals surface area contributed by atoms with Gasteiger partial charge in [0.05, 0.1) is 7.11 Å². The second-order valence-corrected chi connectivity index (χ2v) is 6.38. The zero-order chi connectivity index (χ0) is 18.4. The second-order valence-electron chi connectivity index (χ2n) is 6.38. The van der Waals surface area contributed by atoms with Crippen molar-refractivity contribution in [1.29, 1.82) is 0 Å². The van der Waals surface area contributed by atoms with Gasteiger partial charge in [0.15, 0.2) is 11.6 Å². The number of hydrogen-bond acceptors (Lipinski definition) is 5. The van der Waals surface area contributed by atoms with Gasteiger partial charge in [0, 0.05) is 38.4 Å². The van der Waals surface area contributed by atoms with Crippen molar-refractivity contribution < 1.29 is 19.0 Å². The van der Waals surface area contributed by atoms with E-state index in [0.29, 0.717) is 6.54 Å². The fourth-order valence-electron chi connectivity index (χ4n) is 3.08. The summed E-state index contributed by atoms with van der Waals surface area (Å²) in [6.07, 6.45) is -0.651. The number of piperazine rings is 1. The molecule has 2 aromatic carbocycles. The van der Waals surface area contributed by atoms with Crippen molar-refractivity contribution in [3.05, 3.63) is 54.3 Å². The van der Waals surface area contributed by atoms with Gasteiger partial charge in [-0.1, -0.05) is 12.1 Å². The summed E-state index contributed by atoms with van der Waals surface area (Å²) in [5, 5.41) is 10.2. The van der Waals surface area contributed by atoms with Crippen LogP contribution < -0.4 is 14.4 Å². The maximum atomic E-state index is 13.5. The SMILES string of the molecule is COc1ccc(N2CCN(C[C@@H](O)COc3ccccc3F)CC2)cc1. The predicted molar refractivity (Wildman–Crippen MR) is 99.5 cm³/mol. The van der Waals surface area contributed by atoms with Crippen LogP contribution in [0.3, 0.4) is 0 Å². The zero-order valence-corrected chi connectivity index (χ0v) is 15.0. The number of para-hydroxylation sites is 1. The number of aliphatic hydroxyl groups is 1. The first kappa shape index (κ1) is 18.5. The number of methoxy groups -OCH3 is 1. The molecule has 0 saturated carbocycles. The van der Waals surface area contributed by atoms with Crippen LogP contribution in [-0.4, -0.2) is 62.6 Å². The molecule has 1 atom stereocenters. The van der Waals surface area contributed by atoms with Crippen LogP contribution in [0.15, 0.2) is 48.5 Å². The molecule has 1 heterocycles. The van der Waals surface area contributed by atoms with Crippen LogP contribution in [0.25, 0.3) is 0 Å². The van der Waals surface area contributed by atoms with E-state index in [1.54, 1.807) is 25.3 Å². The number of aliphatic hydroxyl groups excluding tert-OH is 1. The fraction of sp³-hybridized carbons (Fsp3) is 0.400. The first-order valence-electron chi connectivity index (χ1n) is 8.82. The normalized spacial score (nSPS) is 16.3. The summed E-state index contributed by atoms with van der Waals surface area (Å²) >= 11 is 0. The number of β-amino-alcohol motifs (C(OH)–C–C–N with tert-alkyl or cyclic N) is 1. The fourth-order valence-corrected chi connectivity index (χ4v) is 3.08. The lowest BCUT2D eigenvalue weighted by atomic mass is 10.2. The lowest BCUT2D eigenvalue weighted by Crippen LogP contribution is -2.49. The van der Waals surface area contributed by atoms with Crippen molar-refractivity contribution in [3.63, 3.8) is 0 Å². The Morgan fingerprint density at radius 2 is 1.73 bits per heavy atom. The highest BCUT2D eigenvalue weighted by Gasteiger charge is 2.20. The van der Waals surface area contributed by atoms with Gasteiger partial charge in [-0.25, -0.2) is 4.39 Å². The molecule has 0 aromatic heterocycles. The van der Waals surface area contributed by atoms with Crippen molar-refractivity contribution in [1.82, 2.24) is 4.90 Å². The van der Waals surface area contributed by atoms with Gasteiger partial charge in [0.2, 0.25) is 0 Å². The van der Waals surface area contributed by atoms with Crippen molar-refractivity contribution in [2.45, 2.75) is 6.10 Å². The van der Waals surface area contributed by atoms with Crippen molar-refractivity contribution >= 4 is 5.69 Å². The van der Waals surface area contributed by atoms with Crippen LogP contribution in [0.1, 0.15) is 0 Å². The van der Waals surface area contributed by atoms with E-state index in [9.17, 15) is 9.50 Å². The van der Waals surface area contributed by atoms with E-state index >= 15 is 0 Å². The van der Waals surface area contributed by atoms with Gasteiger partial charge in [-0.05, 0) is 36.4 Å². The molecule has 1 aliphatic heterocycles. The largest absolute Gasteiger partial charge is 0.497 e. The minimum atomic E-state index is -0.651. The van der Waals surface area contributed by atoms with Gasteiger partial charge >= 0.3 is 0 Å². The average Bonchev–Trinajstić information content (AvgIpc) is 2.68. The molecule has 0 radical (unpaired) electrons. The Labute approximate surface area is 153 Å². The molecule has 6 heteroatoms. The molecule has 5 nitrogen and oxygen atoms in total. The number of benzene rings is 2. The first-order valence-corrected chi connectivity index (χ1v) is 8.82. The molecule has 0 amide bonds. The summed E-state index contributed by atoms with van der Waals surface area (Å²) < 4.78 is 24.1. The molecule has 1 saturated heterocycles. The van der Waals surface area contributed by atoms with Crippen molar-refractivity contribution in [3.8, 4) is 11.5 Å². The second kappa shape index (κ2) is 8.87. The third-order valence-corrected chi connectivity index (χ3v) is 4.55. The molecule has 1 aliphatic rings. The number of ether oxygens (including phenoxy) is 2. The van der Waals surface area contributed by atoms with E-state index < -0.39 is 11.9 Å². The average molecular weight is 360 g/mol. The Morgan fingerprint density at radius 3 is 2.38 bits per heavy atom. The number of halogens is 1. The van der Waals surface area contributed by atoms with E-state index in [0.717, 1.165) is 31.9 Å². The molecule has 0 aliphatic carbocycles. The van der Waals surface area contributed by atoms with E-state index in [-0.39, 0.29) is 12.4 Å². The third-order valence-electron chi connectivity index (χ3n) is 4.55. The van der Waals surface area contributed by atoms with Gasteiger partial charge in [-0.15, -0.1) is 0 Å². The molecule has 0 spiro atoms. The summed E-state index contributed by atoms with van der Waals surface area (Å²) in [6.45, 7) is 4.12. The highest BCUT2D eigenvalue weighted by molar-refractivity contribution is 5.49. The van der Waals surface area contributed by atoms with Gasteiger partial charge in [-0.3, -0.25) is 4.90 Å². The van der Waals surface area contributed by atoms with Gasteiger partial charge < -0.3 is 19.5 Å². The van der Waals surface area contributed by atoms with E-state index in [1.807, 2.05) is 12.1 Å². The smallest absolute Gasteiger partial charge is 0.165 e. The van der Waals surface area contributed by atoms with Crippen LogP contribution in [0, 0.1) is 5.82 Å². The molecular weight excluding hydrogens is 335 g/mol. The number of rotatable bonds is 7. The standard InChI is InChI=1S/C20H25FN2O3/c1-25-18-8-6-16(7-9-18)23-12-10-22(11-13-23)14-17(24)15-26-20-5-3-2-4-19(20)21/h2-9,17,24H,10-15H2,1H3/t17-/m1/s1. The molecular formula is C20H25FN2O3. The molecule has 1 N–H and O–H groups in total. The van der Waals surface area contributed by atoms with E-state index in [1.165, 1.54) is 11.8 Å². The molecule has 0 bridgehead atoms. The molecule has 1 fully saturated rings. The molecule has 0 unspecified atom stereocenters. The van der Waals surface area contributed by atoms with Crippen LogP contribution in [0.2, 0.25) is 0 Å². The number of anilines is 1. The van der Waals surface area contributed by atoms with Gasteiger partial charge in [-0.2, -0.15) is 0 Å². The monoisotopic (exact) mass is 360 g/mol. The Bertz CT molecular complexity index is 688. The van der Waals surface area contributed by atoms with Gasteiger partial charge in [0.25, 0.3) is 0 Å². The maximum Gasteiger partial charge on any atom is 0.165 e. The van der Waals surface area contributed by atoms with Gasteiger partial charge in [0.1, 0.15) is 18.5 Å². The summed E-state index contributed by atoms with van der Waals surface area (Å²) in [4.78, 5) is 4.52. The van der Waals surface area contributed by atoms with E-state index in [4.69, 9.17) is 9.47 Å². The molecule has 2 aromatic rings.